The number of rotatable bonds is 4. The van der Waals surface area contributed by atoms with Crippen LogP contribution in [0.4, 0.5) is 11.4 Å². The molecule has 94 valence electrons. The van der Waals surface area contributed by atoms with E-state index >= 15 is 0 Å². The van der Waals surface area contributed by atoms with E-state index in [0.29, 0.717) is 0 Å². The molecule has 5 nitrogen and oxygen atoms in total. The van der Waals surface area contributed by atoms with Crippen LogP contribution in [0.2, 0.25) is 0 Å². The SMILES string of the molecule is Cc1csc(C(C)Nc2ccc([N+](=O)[O-])cc2)n1. The molecule has 0 saturated heterocycles. The molecule has 0 radical (unpaired) electrons. The minimum absolute atomic E-state index is 0.0881. The van der Waals surface area contributed by atoms with Gasteiger partial charge in [0.15, 0.2) is 0 Å². The summed E-state index contributed by atoms with van der Waals surface area (Å²) < 4.78 is 0. The molecule has 1 unspecified atom stereocenters. The molecule has 0 aliphatic rings. The average Bonchev–Trinajstić information content (AvgIpc) is 2.76. The van der Waals surface area contributed by atoms with Crippen molar-refractivity contribution >= 4 is 22.7 Å². The summed E-state index contributed by atoms with van der Waals surface area (Å²) in [6, 6.07) is 6.47. The third-order valence-electron chi connectivity index (χ3n) is 2.47. The van der Waals surface area contributed by atoms with Gasteiger partial charge in [-0.1, -0.05) is 0 Å². The number of hydrogen-bond acceptors (Lipinski definition) is 5. The van der Waals surface area contributed by atoms with Crippen LogP contribution >= 0.6 is 11.3 Å². The number of aryl methyl sites for hydroxylation is 1. The second kappa shape index (κ2) is 5.14. The molecule has 0 aliphatic heterocycles. The van der Waals surface area contributed by atoms with Gasteiger partial charge in [-0.2, -0.15) is 0 Å². The quantitative estimate of drug-likeness (QED) is 0.676. The highest BCUT2D eigenvalue weighted by atomic mass is 32.1. The zero-order valence-corrected chi connectivity index (χ0v) is 10.9. The lowest BCUT2D eigenvalue weighted by molar-refractivity contribution is -0.384. The van der Waals surface area contributed by atoms with Crippen LogP contribution in [0.3, 0.4) is 0 Å². The second-order valence-electron chi connectivity index (χ2n) is 4.00. The van der Waals surface area contributed by atoms with Crippen molar-refractivity contribution in [2.45, 2.75) is 19.9 Å². The van der Waals surface area contributed by atoms with E-state index in [0.717, 1.165) is 16.4 Å². The first-order valence-electron chi connectivity index (χ1n) is 5.49. The van der Waals surface area contributed by atoms with Gasteiger partial charge in [0.2, 0.25) is 0 Å². The van der Waals surface area contributed by atoms with Gasteiger partial charge in [-0.05, 0) is 26.0 Å². The fourth-order valence-electron chi connectivity index (χ4n) is 1.56. The Balaban J connectivity index is 2.07. The number of nitro benzene ring substituents is 1. The first kappa shape index (κ1) is 12.5. The fourth-order valence-corrected chi connectivity index (χ4v) is 2.37. The predicted molar refractivity (Wildman–Crippen MR) is 72.0 cm³/mol. The summed E-state index contributed by atoms with van der Waals surface area (Å²) in [6.45, 7) is 3.97. The summed E-state index contributed by atoms with van der Waals surface area (Å²) in [6.07, 6.45) is 0. The number of nitro groups is 1. The Morgan fingerprint density at radius 2 is 2.06 bits per heavy atom. The molecular weight excluding hydrogens is 250 g/mol. The maximum Gasteiger partial charge on any atom is 0.269 e. The van der Waals surface area contributed by atoms with E-state index in [2.05, 4.69) is 10.3 Å². The van der Waals surface area contributed by atoms with Gasteiger partial charge in [0.25, 0.3) is 5.69 Å². The van der Waals surface area contributed by atoms with Gasteiger partial charge in [0, 0.05) is 28.9 Å². The summed E-state index contributed by atoms with van der Waals surface area (Å²) in [5.74, 6) is 0. The molecule has 2 aromatic rings. The monoisotopic (exact) mass is 263 g/mol. The van der Waals surface area contributed by atoms with E-state index in [4.69, 9.17) is 0 Å². The van der Waals surface area contributed by atoms with E-state index < -0.39 is 4.92 Å². The smallest absolute Gasteiger partial charge is 0.269 e. The molecule has 1 N–H and O–H groups in total. The van der Waals surface area contributed by atoms with Crippen LogP contribution in [0.25, 0.3) is 0 Å². The van der Waals surface area contributed by atoms with Crippen molar-refractivity contribution in [2.75, 3.05) is 5.32 Å². The molecule has 0 saturated carbocycles. The van der Waals surface area contributed by atoms with Gasteiger partial charge in [-0.15, -0.1) is 11.3 Å². The first-order valence-corrected chi connectivity index (χ1v) is 6.37. The maximum absolute atomic E-state index is 10.5. The van der Waals surface area contributed by atoms with Crippen LogP contribution in [-0.2, 0) is 0 Å². The van der Waals surface area contributed by atoms with Crippen molar-refractivity contribution in [3.63, 3.8) is 0 Å². The van der Waals surface area contributed by atoms with Crippen LogP contribution in [0.1, 0.15) is 23.7 Å². The largest absolute Gasteiger partial charge is 0.376 e. The molecule has 1 atom stereocenters. The minimum Gasteiger partial charge on any atom is -0.376 e. The predicted octanol–water partition coefficient (Wildman–Crippen LogP) is 3.53. The van der Waals surface area contributed by atoms with Gasteiger partial charge < -0.3 is 5.32 Å². The Kier molecular flexibility index (Phi) is 3.57. The lowest BCUT2D eigenvalue weighted by atomic mass is 10.2. The number of aromatic nitrogens is 1. The lowest BCUT2D eigenvalue weighted by Gasteiger charge is -2.12. The van der Waals surface area contributed by atoms with E-state index in [-0.39, 0.29) is 11.7 Å². The number of non-ortho nitro benzene ring substituents is 1. The van der Waals surface area contributed by atoms with Crippen molar-refractivity contribution in [3.05, 3.63) is 50.5 Å². The molecule has 6 heteroatoms. The van der Waals surface area contributed by atoms with Crippen molar-refractivity contribution in [1.82, 2.24) is 4.98 Å². The summed E-state index contributed by atoms with van der Waals surface area (Å²) in [7, 11) is 0. The molecule has 0 bridgehead atoms. The molecule has 18 heavy (non-hydrogen) atoms. The van der Waals surface area contributed by atoms with Crippen molar-refractivity contribution in [3.8, 4) is 0 Å². The highest BCUT2D eigenvalue weighted by molar-refractivity contribution is 7.09. The number of thiazole rings is 1. The molecular formula is C12H13N3O2S. The van der Waals surface area contributed by atoms with Gasteiger partial charge in [0.05, 0.1) is 11.0 Å². The number of nitrogens with one attached hydrogen (secondary N) is 1. The van der Waals surface area contributed by atoms with Crippen LogP contribution in [0.15, 0.2) is 29.6 Å². The Bertz CT molecular complexity index is 551. The van der Waals surface area contributed by atoms with E-state index in [1.54, 1.807) is 23.5 Å². The molecule has 0 fully saturated rings. The first-order chi connectivity index (χ1) is 8.56. The highest BCUT2D eigenvalue weighted by Crippen LogP contribution is 2.23. The average molecular weight is 263 g/mol. The summed E-state index contributed by atoms with van der Waals surface area (Å²) in [5, 5.41) is 16.8. The van der Waals surface area contributed by atoms with Crippen LogP contribution in [-0.4, -0.2) is 9.91 Å². The lowest BCUT2D eigenvalue weighted by Crippen LogP contribution is -2.06. The van der Waals surface area contributed by atoms with Crippen molar-refractivity contribution in [2.24, 2.45) is 0 Å². The van der Waals surface area contributed by atoms with Crippen molar-refractivity contribution < 1.29 is 4.92 Å². The Morgan fingerprint density at radius 3 is 2.56 bits per heavy atom. The zero-order chi connectivity index (χ0) is 13.1. The Hall–Kier alpha value is -1.95. The Labute approximate surface area is 109 Å². The molecule has 0 spiro atoms. The van der Waals surface area contributed by atoms with Crippen LogP contribution in [0, 0.1) is 17.0 Å². The Morgan fingerprint density at radius 1 is 1.39 bits per heavy atom. The second-order valence-corrected chi connectivity index (χ2v) is 4.89. The zero-order valence-electron chi connectivity index (χ0n) is 10.1. The summed E-state index contributed by atoms with van der Waals surface area (Å²) in [5.41, 5.74) is 1.95. The summed E-state index contributed by atoms with van der Waals surface area (Å²) >= 11 is 1.60. The normalized spacial score (nSPS) is 12.1. The van der Waals surface area contributed by atoms with Crippen LogP contribution in [0.5, 0.6) is 0 Å². The number of anilines is 1. The number of hydrogen-bond donors (Lipinski definition) is 1. The fraction of sp³-hybridized carbons (Fsp3) is 0.250. The van der Waals surface area contributed by atoms with Gasteiger partial charge >= 0.3 is 0 Å². The molecule has 2 rings (SSSR count). The van der Waals surface area contributed by atoms with Crippen LogP contribution < -0.4 is 5.32 Å². The van der Waals surface area contributed by atoms with Gasteiger partial charge in [-0.3, -0.25) is 10.1 Å². The van der Waals surface area contributed by atoms with E-state index in [1.807, 2.05) is 19.2 Å². The standard InChI is InChI=1S/C12H13N3O2S/c1-8-7-18-12(13-8)9(2)14-10-3-5-11(6-4-10)15(16)17/h3-7,9,14H,1-2H3. The highest BCUT2D eigenvalue weighted by Gasteiger charge is 2.10. The maximum atomic E-state index is 10.5. The number of nitrogens with zero attached hydrogens (tertiary/aromatic N) is 2. The molecule has 0 amide bonds. The molecule has 1 aromatic heterocycles. The van der Waals surface area contributed by atoms with Crippen molar-refractivity contribution in [1.29, 1.82) is 0 Å². The van der Waals surface area contributed by atoms with Gasteiger partial charge in [-0.25, -0.2) is 4.98 Å². The number of benzene rings is 1. The molecule has 0 aliphatic carbocycles. The molecule has 1 aromatic carbocycles. The molecule has 1 heterocycles. The van der Waals surface area contributed by atoms with E-state index in [9.17, 15) is 10.1 Å². The topological polar surface area (TPSA) is 68.1 Å². The third-order valence-corrected chi connectivity index (χ3v) is 3.61. The van der Waals surface area contributed by atoms with E-state index in [1.165, 1.54) is 12.1 Å². The third kappa shape index (κ3) is 2.84. The minimum atomic E-state index is -0.405. The van der Waals surface area contributed by atoms with Gasteiger partial charge in [0.1, 0.15) is 5.01 Å². The summed E-state index contributed by atoms with van der Waals surface area (Å²) in [4.78, 5) is 14.5.